The molecule has 0 unspecified atom stereocenters. The molecule has 2 aliphatic rings. The lowest BCUT2D eigenvalue weighted by Crippen LogP contribution is -2.50. The highest BCUT2D eigenvalue weighted by Crippen LogP contribution is 2.42. The van der Waals surface area contributed by atoms with Crippen molar-refractivity contribution in [2.24, 2.45) is 0 Å². The number of amides is 1. The van der Waals surface area contributed by atoms with Crippen LogP contribution in [0.3, 0.4) is 0 Å². The molecule has 4 rings (SSSR count). The fourth-order valence-electron chi connectivity index (χ4n) is 3.94. The first-order chi connectivity index (χ1) is 15.1. The zero-order valence-corrected chi connectivity index (χ0v) is 17.4. The molecule has 0 saturated carbocycles. The minimum atomic E-state index is -1.23. The molecule has 2 aliphatic heterocycles. The highest BCUT2D eigenvalue weighted by atomic mass is 16.8. The van der Waals surface area contributed by atoms with Gasteiger partial charge in [-0.25, -0.2) is 9.59 Å². The van der Waals surface area contributed by atoms with Crippen LogP contribution in [0.1, 0.15) is 25.6 Å². The number of aliphatic carboxylic acids is 1. The van der Waals surface area contributed by atoms with Crippen molar-refractivity contribution in [1.82, 2.24) is 14.9 Å². The van der Waals surface area contributed by atoms with E-state index in [0.29, 0.717) is 0 Å². The number of nitrogens with one attached hydrogen (secondary N) is 2. The third-order valence-corrected chi connectivity index (χ3v) is 5.31. The van der Waals surface area contributed by atoms with E-state index in [1.807, 2.05) is 6.07 Å². The first-order valence-electron chi connectivity index (χ1n) is 10.0. The molecule has 3 N–H and O–H groups in total. The van der Waals surface area contributed by atoms with Gasteiger partial charge in [0.05, 0.1) is 0 Å². The molecular weight excluding hydrogens is 422 g/mol. The van der Waals surface area contributed by atoms with E-state index in [9.17, 15) is 24.3 Å². The number of ether oxygens (including phenoxy) is 3. The lowest BCUT2D eigenvalue weighted by atomic mass is 10.0. The summed E-state index contributed by atoms with van der Waals surface area (Å²) in [5.41, 5.74) is -0.572. The fourth-order valence-corrected chi connectivity index (χ4v) is 3.94. The molecule has 0 bridgehead atoms. The zero-order valence-electron chi connectivity index (χ0n) is 17.4. The van der Waals surface area contributed by atoms with Crippen molar-refractivity contribution in [3.63, 3.8) is 0 Å². The number of H-pyrrole nitrogens is 1. The minimum Gasteiger partial charge on any atom is -0.480 e. The van der Waals surface area contributed by atoms with Crippen LogP contribution in [0.4, 0.5) is 0 Å². The Hall–Kier alpha value is -3.28. The molecule has 2 saturated heterocycles. The Bertz CT molecular complexity index is 1130. The molecule has 0 aliphatic carbocycles. The normalized spacial score (nSPS) is 26.9. The summed E-state index contributed by atoms with van der Waals surface area (Å²) >= 11 is 0. The molecule has 11 nitrogen and oxygen atoms in total. The van der Waals surface area contributed by atoms with Crippen molar-refractivity contribution in [2.45, 2.75) is 56.6 Å². The molecule has 2 aromatic rings. The van der Waals surface area contributed by atoms with Crippen molar-refractivity contribution >= 4 is 11.9 Å². The van der Waals surface area contributed by atoms with Crippen LogP contribution < -0.4 is 16.6 Å². The molecule has 0 spiro atoms. The van der Waals surface area contributed by atoms with Crippen LogP contribution in [0.15, 0.2) is 52.2 Å². The van der Waals surface area contributed by atoms with Gasteiger partial charge >= 0.3 is 11.7 Å². The van der Waals surface area contributed by atoms with E-state index in [0.717, 1.165) is 16.2 Å². The average molecular weight is 445 g/mol. The van der Waals surface area contributed by atoms with Gasteiger partial charge in [0.1, 0.15) is 18.2 Å². The van der Waals surface area contributed by atoms with E-state index in [1.165, 1.54) is 6.20 Å². The number of rotatable bonds is 6. The molecule has 3 heterocycles. The maximum Gasteiger partial charge on any atom is 0.330 e. The summed E-state index contributed by atoms with van der Waals surface area (Å²) in [6.45, 7) is 3.31. The largest absolute Gasteiger partial charge is 0.480 e. The van der Waals surface area contributed by atoms with E-state index >= 15 is 0 Å². The number of benzene rings is 1. The fraction of sp³-hybridized carbons (Fsp3) is 0.429. The lowest BCUT2D eigenvalue weighted by Gasteiger charge is -2.25. The number of carboxylic acid groups (broad SMARTS) is 1. The zero-order chi connectivity index (χ0) is 23.0. The van der Waals surface area contributed by atoms with Gasteiger partial charge in [0.2, 0.25) is 0 Å². The number of aromatic nitrogens is 2. The van der Waals surface area contributed by atoms with Crippen molar-refractivity contribution in [2.75, 3.05) is 0 Å². The topological polar surface area (TPSA) is 149 Å². The number of fused-ring (bicyclic) bond motifs is 1. The third kappa shape index (κ3) is 4.35. The maximum atomic E-state index is 13.0. The highest BCUT2D eigenvalue weighted by molar-refractivity contribution is 5.87. The number of carboxylic acids is 1. The van der Waals surface area contributed by atoms with Crippen molar-refractivity contribution in [1.29, 1.82) is 0 Å². The summed E-state index contributed by atoms with van der Waals surface area (Å²) < 4.78 is 18.6. The Morgan fingerprint density at radius 1 is 1.16 bits per heavy atom. The summed E-state index contributed by atoms with van der Waals surface area (Å²) in [7, 11) is 0. The predicted molar refractivity (Wildman–Crippen MR) is 109 cm³/mol. The van der Waals surface area contributed by atoms with Crippen molar-refractivity contribution < 1.29 is 28.9 Å². The SMILES string of the molecule is CC1(C)O[C@@H]2[C@H](O1)[C@@H](C(=O)N[C@H](Cc1ccccc1)C(=O)O)O[C@H]2n1ccc(=O)[nH]c1=O. The van der Waals surface area contributed by atoms with Crippen LogP contribution in [0.2, 0.25) is 0 Å². The molecule has 11 heteroatoms. The van der Waals surface area contributed by atoms with Gasteiger partial charge in [-0.15, -0.1) is 0 Å². The number of carbonyl (C=O) groups excluding carboxylic acids is 1. The number of aromatic amines is 1. The van der Waals surface area contributed by atoms with Crippen LogP contribution in [-0.2, 0) is 30.2 Å². The second kappa shape index (κ2) is 8.34. The number of hydrogen-bond donors (Lipinski definition) is 3. The van der Waals surface area contributed by atoms with Crippen molar-refractivity contribution in [3.8, 4) is 0 Å². The van der Waals surface area contributed by atoms with Gasteiger partial charge in [-0.3, -0.25) is 19.1 Å². The minimum absolute atomic E-state index is 0.0778. The van der Waals surface area contributed by atoms with Crippen LogP contribution in [0.5, 0.6) is 0 Å². The van der Waals surface area contributed by atoms with E-state index in [2.05, 4.69) is 10.3 Å². The smallest absolute Gasteiger partial charge is 0.330 e. The monoisotopic (exact) mass is 445 g/mol. The van der Waals surface area contributed by atoms with E-state index < -0.39 is 59.5 Å². The van der Waals surface area contributed by atoms with E-state index in [1.54, 1.807) is 38.1 Å². The van der Waals surface area contributed by atoms with Gasteiger partial charge < -0.3 is 24.6 Å². The first-order valence-corrected chi connectivity index (χ1v) is 10.0. The van der Waals surface area contributed by atoms with E-state index in [-0.39, 0.29) is 6.42 Å². The van der Waals surface area contributed by atoms with Crippen LogP contribution in [0, 0.1) is 0 Å². The molecule has 2 fully saturated rings. The quantitative estimate of drug-likeness (QED) is 0.552. The Kier molecular flexibility index (Phi) is 5.71. The standard InChI is InChI=1S/C21H23N3O8/c1-21(2)31-14-15(17(26)22-12(19(27)28)10-11-6-4-3-5-7-11)30-18(16(14)32-21)24-9-8-13(25)23-20(24)29/h3-9,12,14-16,18H,10H2,1-2H3,(H,22,26)(H,27,28)(H,23,25,29)/t12-,14-,15+,16-,18-/m1/s1. The molecule has 170 valence electrons. The molecule has 1 aromatic carbocycles. The third-order valence-electron chi connectivity index (χ3n) is 5.31. The average Bonchev–Trinajstić information content (AvgIpc) is 3.21. The molecule has 1 amide bonds. The van der Waals surface area contributed by atoms with Gasteiger partial charge in [-0.05, 0) is 19.4 Å². The summed E-state index contributed by atoms with van der Waals surface area (Å²) in [6, 6.07) is 8.84. The summed E-state index contributed by atoms with van der Waals surface area (Å²) in [5, 5.41) is 12.1. The van der Waals surface area contributed by atoms with Gasteiger partial charge in [-0.2, -0.15) is 0 Å². The highest BCUT2D eigenvalue weighted by Gasteiger charge is 2.58. The predicted octanol–water partition coefficient (Wildman–Crippen LogP) is -0.234. The number of carbonyl (C=O) groups is 2. The Morgan fingerprint density at radius 2 is 1.84 bits per heavy atom. The van der Waals surface area contributed by atoms with Crippen LogP contribution in [-0.4, -0.2) is 56.7 Å². The molecule has 5 atom stereocenters. The van der Waals surface area contributed by atoms with Gasteiger partial charge in [0, 0.05) is 18.7 Å². The number of hydrogen-bond acceptors (Lipinski definition) is 7. The molecule has 0 radical (unpaired) electrons. The first kappa shape index (κ1) is 21.9. The van der Waals surface area contributed by atoms with Crippen molar-refractivity contribution in [3.05, 3.63) is 69.0 Å². The summed E-state index contributed by atoms with van der Waals surface area (Å²) in [4.78, 5) is 50.6. The van der Waals surface area contributed by atoms with E-state index in [4.69, 9.17) is 14.2 Å². The van der Waals surface area contributed by atoms with Crippen LogP contribution >= 0.6 is 0 Å². The van der Waals surface area contributed by atoms with Gasteiger partial charge in [0.15, 0.2) is 18.1 Å². The maximum absolute atomic E-state index is 13.0. The molecule has 32 heavy (non-hydrogen) atoms. The molecule has 1 aromatic heterocycles. The molecular formula is C21H23N3O8. The Labute approximate surface area is 181 Å². The Morgan fingerprint density at radius 3 is 2.50 bits per heavy atom. The lowest BCUT2D eigenvalue weighted by molar-refractivity contribution is -0.198. The summed E-state index contributed by atoms with van der Waals surface area (Å²) in [6.07, 6.45) is -2.69. The van der Waals surface area contributed by atoms with Gasteiger partial charge in [-0.1, -0.05) is 30.3 Å². The number of nitrogens with zero attached hydrogens (tertiary/aromatic N) is 1. The second-order valence-corrected chi connectivity index (χ2v) is 8.12. The Balaban J connectivity index is 1.57. The summed E-state index contributed by atoms with van der Waals surface area (Å²) in [5.74, 6) is -2.96. The second-order valence-electron chi connectivity index (χ2n) is 8.12. The van der Waals surface area contributed by atoms with Crippen LogP contribution in [0.25, 0.3) is 0 Å². The van der Waals surface area contributed by atoms with Gasteiger partial charge in [0.25, 0.3) is 11.5 Å².